The van der Waals surface area contributed by atoms with Gasteiger partial charge in [-0.15, -0.1) is 0 Å². The average Bonchev–Trinajstić information content (AvgIpc) is 2.71. The monoisotopic (exact) mass is 403 g/mol. The van der Waals surface area contributed by atoms with Crippen molar-refractivity contribution in [2.75, 3.05) is 0 Å². The van der Waals surface area contributed by atoms with Crippen LogP contribution in [-0.4, -0.2) is 10.9 Å². The second kappa shape index (κ2) is 16.8. The lowest BCUT2D eigenvalue weighted by atomic mass is 10.1. The molecule has 0 unspecified atom stereocenters. The van der Waals surface area contributed by atoms with Gasteiger partial charge in [-0.2, -0.15) is 0 Å². The Hall–Kier alpha value is -2.17. The maximum absolute atomic E-state index is 11.9. The number of rotatable bonds is 17. The maximum atomic E-state index is 11.9. The predicted molar refractivity (Wildman–Crippen MR) is 118 cm³/mol. The molecule has 0 atom stereocenters. The minimum atomic E-state index is -0.537. The minimum absolute atomic E-state index is 0.0234. The molecular weight excluding hydrogens is 366 g/mol. The Balaban J connectivity index is 1.97. The van der Waals surface area contributed by atoms with Crippen molar-refractivity contribution in [3.8, 4) is 5.75 Å². The first-order valence-electron chi connectivity index (χ1n) is 11.2. The third kappa shape index (κ3) is 12.8. The van der Waals surface area contributed by atoms with Gasteiger partial charge in [0.05, 0.1) is 4.92 Å². The zero-order chi connectivity index (χ0) is 21.2. The van der Waals surface area contributed by atoms with Crippen LogP contribution in [0.25, 0.3) is 0 Å². The third-order valence-corrected chi connectivity index (χ3v) is 4.93. The summed E-state index contributed by atoms with van der Waals surface area (Å²) in [5, 5.41) is 10.9. The SMILES string of the molecule is CCCCCCCC/C=C/CCCCCCCC(=O)Oc1ccccc1[N+](=O)[O-]. The molecule has 5 nitrogen and oxygen atoms in total. The van der Waals surface area contributed by atoms with Crippen molar-refractivity contribution < 1.29 is 14.5 Å². The number of hydrogen-bond acceptors (Lipinski definition) is 4. The van der Waals surface area contributed by atoms with Crippen LogP contribution < -0.4 is 4.74 Å². The van der Waals surface area contributed by atoms with Gasteiger partial charge >= 0.3 is 11.7 Å². The van der Waals surface area contributed by atoms with E-state index in [-0.39, 0.29) is 11.4 Å². The summed E-state index contributed by atoms with van der Waals surface area (Å²) in [5.41, 5.74) is -0.176. The smallest absolute Gasteiger partial charge is 0.311 e. The molecular formula is C24H37NO4. The predicted octanol–water partition coefficient (Wildman–Crippen LogP) is 7.54. The molecule has 0 heterocycles. The third-order valence-electron chi connectivity index (χ3n) is 4.93. The van der Waals surface area contributed by atoms with E-state index in [1.807, 2.05) is 0 Å². The van der Waals surface area contributed by atoms with Crippen LogP contribution in [0, 0.1) is 10.1 Å². The molecule has 0 saturated carbocycles. The van der Waals surface area contributed by atoms with Crippen LogP contribution >= 0.6 is 0 Å². The van der Waals surface area contributed by atoms with Crippen LogP contribution in [0.5, 0.6) is 5.75 Å². The highest BCUT2D eigenvalue weighted by Crippen LogP contribution is 2.26. The Kier molecular flexibility index (Phi) is 14.4. The minimum Gasteiger partial charge on any atom is -0.419 e. The summed E-state index contributed by atoms with van der Waals surface area (Å²) in [4.78, 5) is 22.3. The summed E-state index contributed by atoms with van der Waals surface area (Å²) in [6.45, 7) is 2.25. The summed E-state index contributed by atoms with van der Waals surface area (Å²) in [6, 6.07) is 5.97. The average molecular weight is 404 g/mol. The number of nitrogens with zero attached hydrogens (tertiary/aromatic N) is 1. The van der Waals surface area contributed by atoms with Gasteiger partial charge in [-0.3, -0.25) is 14.9 Å². The fourth-order valence-electron chi connectivity index (χ4n) is 3.21. The van der Waals surface area contributed by atoms with Crippen LogP contribution in [0.4, 0.5) is 5.69 Å². The van der Waals surface area contributed by atoms with Crippen molar-refractivity contribution in [1.29, 1.82) is 0 Å². The highest BCUT2D eigenvalue weighted by Gasteiger charge is 2.16. The van der Waals surface area contributed by atoms with Crippen LogP contribution in [0.15, 0.2) is 36.4 Å². The van der Waals surface area contributed by atoms with E-state index in [9.17, 15) is 14.9 Å². The molecule has 162 valence electrons. The van der Waals surface area contributed by atoms with Gasteiger partial charge in [-0.25, -0.2) is 0 Å². The molecule has 0 N–H and O–H groups in total. The van der Waals surface area contributed by atoms with Crippen LogP contribution in [0.3, 0.4) is 0 Å². The molecule has 5 heteroatoms. The summed E-state index contributed by atoms with van der Waals surface area (Å²) >= 11 is 0. The number of esters is 1. The number of allylic oxidation sites excluding steroid dienone is 2. The van der Waals surface area contributed by atoms with E-state index in [0.717, 1.165) is 25.7 Å². The molecule has 0 saturated heterocycles. The Morgan fingerprint density at radius 2 is 1.45 bits per heavy atom. The molecule has 29 heavy (non-hydrogen) atoms. The van der Waals surface area contributed by atoms with E-state index in [1.165, 1.54) is 69.9 Å². The maximum Gasteiger partial charge on any atom is 0.311 e. The number of benzene rings is 1. The first kappa shape index (κ1) is 24.9. The van der Waals surface area contributed by atoms with E-state index in [2.05, 4.69) is 19.1 Å². The van der Waals surface area contributed by atoms with Crippen molar-refractivity contribution in [3.63, 3.8) is 0 Å². The standard InChI is InChI=1S/C24H37NO4/c1-2-3-4-5-6-7-8-9-10-11-12-13-14-15-16-21-24(26)29-23-20-18-17-19-22(23)25(27)28/h9-10,17-20H,2-8,11-16,21H2,1H3/b10-9+. The van der Waals surface area contributed by atoms with Gasteiger partial charge < -0.3 is 4.74 Å². The molecule has 0 bridgehead atoms. The van der Waals surface area contributed by atoms with E-state index in [0.29, 0.717) is 6.42 Å². The lowest BCUT2D eigenvalue weighted by molar-refractivity contribution is -0.385. The molecule has 0 spiro atoms. The quantitative estimate of drug-likeness (QED) is 0.0672. The first-order chi connectivity index (χ1) is 14.1. The van der Waals surface area contributed by atoms with Crippen molar-refractivity contribution in [3.05, 3.63) is 46.5 Å². The molecule has 1 aromatic rings. The number of nitro groups is 1. The highest BCUT2D eigenvalue weighted by molar-refractivity contribution is 5.73. The Morgan fingerprint density at radius 1 is 0.897 bits per heavy atom. The number of carbonyl (C=O) groups excluding carboxylic acids is 1. The number of unbranched alkanes of at least 4 members (excludes halogenated alkanes) is 11. The molecule has 1 aromatic carbocycles. The Bertz CT molecular complexity index is 613. The first-order valence-corrected chi connectivity index (χ1v) is 11.2. The van der Waals surface area contributed by atoms with Gasteiger partial charge in [-0.05, 0) is 38.2 Å². The summed E-state index contributed by atoms with van der Waals surface area (Å²) < 4.78 is 5.14. The normalized spacial score (nSPS) is 11.1. The van der Waals surface area contributed by atoms with Crippen molar-refractivity contribution >= 4 is 11.7 Å². The molecule has 0 fully saturated rings. The zero-order valence-corrected chi connectivity index (χ0v) is 17.9. The lowest BCUT2D eigenvalue weighted by Crippen LogP contribution is -2.08. The Labute approximate surface area is 175 Å². The van der Waals surface area contributed by atoms with Gasteiger partial charge in [0.1, 0.15) is 0 Å². The fourth-order valence-corrected chi connectivity index (χ4v) is 3.21. The van der Waals surface area contributed by atoms with Crippen LogP contribution in [-0.2, 0) is 4.79 Å². The van der Waals surface area contributed by atoms with Gasteiger partial charge in [-0.1, -0.05) is 82.6 Å². The van der Waals surface area contributed by atoms with Crippen LogP contribution in [0.1, 0.15) is 96.8 Å². The number of ether oxygens (including phenoxy) is 1. The fraction of sp³-hybridized carbons (Fsp3) is 0.625. The van der Waals surface area contributed by atoms with Crippen molar-refractivity contribution in [2.24, 2.45) is 0 Å². The second-order valence-electron chi connectivity index (χ2n) is 7.53. The van der Waals surface area contributed by atoms with Crippen molar-refractivity contribution in [1.82, 2.24) is 0 Å². The number of carbonyl (C=O) groups is 1. The number of hydrogen-bond donors (Lipinski definition) is 0. The molecule has 0 aromatic heterocycles. The Morgan fingerprint density at radius 3 is 2.07 bits per heavy atom. The summed E-state index contributed by atoms with van der Waals surface area (Å²) in [6.07, 6.45) is 20.5. The topological polar surface area (TPSA) is 69.4 Å². The molecule has 0 aliphatic rings. The van der Waals surface area contributed by atoms with Crippen molar-refractivity contribution in [2.45, 2.75) is 96.8 Å². The van der Waals surface area contributed by atoms with Crippen LogP contribution in [0.2, 0.25) is 0 Å². The number of nitro benzene ring substituents is 1. The molecule has 1 rings (SSSR count). The van der Waals surface area contributed by atoms with Gasteiger partial charge in [0.2, 0.25) is 5.75 Å². The zero-order valence-electron chi connectivity index (χ0n) is 17.9. The molecule has 0 amide bonds. The summed E-state index contributed by atoms with van der Waals surface area (Å²) in [7, 11) is 0. The molecule has 0 aliphatic heterocycles. The van der Waals surface area contributed by atoms with Gasteiger partial charge in [0.25, 0.3) is 0 Å². The largest absolute Gasteiger partial charge is 0.419 e. The van der Waals surface area contributed by atoms with E-state index < -0.39 is 10.9 Å². The number of para-hydroxylation sites is 2. The van der Waals surface area contributed by atoms with Gasteiger partial charge in [0, 0.05) is 12.5 Å². The van der Waals surface area contributed by atoms with E-state index in [1.54, 1.807) is 12.1 Å². The molecule has 0 aliphatic carbocycles. The highest BCUT2D eigenvalue weighted by atomic mass is 16.6. The van der Waals surface area contributed by atoms with E-state index in [4.69, 9.17) is 4.74 Å². The second-order valence-corrected chi connectivity index (χ2v) is 7.53. The van der Waals surface area contributed by atoms with Gasteiger partial charge in [0.15, 0.2) is 0 Å². The molecule has 0 radical (unpaired) electrons. The lowest BCUT2D eigenvalue weighted by Gasteiger charge is -2.05. The summed E-state index contributed by atoms with van der Waals surface area (Å²) in [5.74, 6) is -0.382. The van der Waals surface area contributed by atoms with E-state index >= 15 is 0 Å².